The molecule has 27 heavy (non-hydrogen) atoms. The molecule has 2 amide bonds. The van der Waals surface area contributed by atoms with Crippen molar-refractivity contribution in [2.45, 2.75) is 50.0 Å². The summed E-state index contributed by atoms with van der Waals surface area (Å²) in [4.78, 5) is 26.3. The molecule has 5 aliphatic rings. The molecule has 1 spiro atoms. The summed E-state index contributed by atoms with van der Waals surface area (Å²) in [6, 6.07) is 9.29. The minimum Gasteiger partial charge on any atom is -0.447 e. The highest BCUT2D eigenvalue weighted by Gasteiger charge is 2.67. The molecule has 1 aromatic rings. The normalized spacial score (nSPS) is 41.7. The number of amides is 2. The first kappa shape index (κ1) is 16.0. The fourth-order valence-corrected chi connectivity index (χ4v) is 6.11. The highest BCUT2D eigenvalue weighted by atomic mass is 16.6. The van der Waals surface area contributed by atoms with Crippen molar-refractivity contribution >= 4 is 12.0 Å². The van der Waals surface area contributed by atoms with Crippen molar-refractivity contribution < 1.29 is 14.3 Å². The van der Waals surface area contributed by atoms with E-state index in [-0.39, 0.29) is 28.9 Å². The quantitative estimate of drug-likeness (QED) is 0.895. The van der Waals surface area contributed by atoms with Crippen LogP contribution in [-0.2, 0) is 9.53 Å². The van der Waals surface area contributed by atoms with Crippen LogP contribution in [0.25, 0.3) is 0 Å². The molecule has 142 valence electrons. The molecule has 2 heterocycles. The summed E-state index contributed by atoms with van der Waals surface area (Å²) in [7, 11) is 0. The van der Waals surface area contributed by atoms with Gasteiger partial charge in [0.1, 0.15) is 6.61 Å². The minimum atomic E-state index is -0.341. The second-order valence-electron chi connectivity index (χ2n) is 9.84. The van der Waals surface area contributed by atoms with Crippen molar-refractivity contribution in [3.8, 4) is 0 Å². The largest absolute Gasteiger partial charge is 0.447 e. The van der Waals surface area contributed by atoms with E-state index in [0.29, 0.717) is 18.4 Å². The maximum atomic E-state index is 12.9. The second kappa shape index (κ2) is 5.06. The molecule has 3 saturated carbocycles. The third-order valence-corrected chi connectivity index (χ3v) is 7.93. The zero-order valence-electron chi connectivity index (χ0n) is 15.7. The van der Waals surface area contributed by atoms with Crippen LogP contribution in [0.5, 0.6) is 0 Å². The van der Waals surface area contributed by atoms with E-state index in [0.717, 1.165) is 31.8 Å². The first-order valence-electron chi connectivity index (χ1n) is 10.3. The second-order valence-corrected chi connectivity index (χ2v) is 9.84. The number of nitrogens with zero attached hydrogens (tertiary/aromatic N) is 1. The van der Waals surface area contributed by atoms with E-state index in [1.807, 2.05) is 0 Å². The number of fused-ring (bicyclic) bond motifs is 1. The van der Waals surface area contributed by atoms with Gasteiger partial charge >= 0.3 is 6.09 Å². The molecular weight excluding hydrogens is 340 g/mol. The minimum absolute atomic E-state index is 0.0457. The first-order chi connectivity index (χ1) is 13.0. The molecule has 6 rings (SSSR count). The number of carbonyl (C=O) groups is 2. The first-order valence-corrected chi connectivity index (χ1v) is 10.3. The highest BCUT2D eigenvalue weighted by molar-refractivity contribution is 5.82. The number of likely N-dealkylation sites (tertiary alicyclic amines) is 1. The molecular formula is C22H26N2O3. The van der Waals surface area contributed by atoms with Crippen LogP contribution in [0.3, 0.4) is 0 Å². The maximum Gasteiger partial charge on any atom is 0.407 e. The average molecular weight is 366 g/mol. The Hall–Kier alpha value is -2.04. The Morgan fingerprint density at radius 3 is 2.44 bits per heavy atom. The lowest BCUT2D eigenvalue weighted by molar-refractivity contribution is -0.140. The number of piperidine rings is 1. The molecule has 5 nitrogen and oxygen atoms in total. The molecule has 3 atom stereocenters. The number of nitrogens with one attached hydrogen (secondary N) is 1. The predicted octanol–water partition coefficient (Wildman–Crippen LogP) is 3.01. The molecule has 1 N–H and O–H groups in total. The van der Waals surface area contributed by atoms with Gasteiger partial charge in [0.15, 0.2) is 0 Å². The number of cyclic esters (lactones) is 1. The SMILES string of the molecule is C[C@]12CN(C(=O)[C@H]3C[C@]4(COC(=O)N4)C3)C[C@H]1[C@@H]2c1ccc(C2CC2)cc1. The third-order valence-electron chi connectivity index (χ3n) is 7.93. The Balaban J connectivity index is 1.08. The summed E-state index contributed by atoms with van der Waals surface area (Å²) in [5.41, 5.74) is 2.92. The zero-order chi connectivity index (χ0) is 18.4. The van der Waals surface area contributed by atoms with E-state index in [1.165, 1.54) is 24.0 Å². The number of rotatable bonds is 3. The van der Waals surface area contributed by atoms with Crippen molar-refractivity contribution in [1.29, 1.82) is 0 Å². The maximum absolute atomic E-state index is 12.9. The lowest BCUT2D eigenvalue weighted by Crippen LogP contribution is -2.58. The number of benzene rings is 1. The molecule has 2 aliphatic heterocycles. The molecule has 2 saturated heterocycles. The lowest BCUT2D eigenvalue weighted by Gasteiger charge is -2.43. The van der Waals surface area contributed by atoms with Crippen LogP contribution in [0.1, 0.15) is 55.6 Å². The van der Waals surface area contributed by atoms with Crippen LogP contribution >= 0.6 is 0 Å². The molecule has 3 aliphatic carbocycles. The van der Waals surface area contributed by atoms with Gasteiger partial charge in [0.05, 0.1) is 5.54 Å². The van der Waals surface area contributed by atoms with E-state index in [9.17, 15) is 9.59 Å². The van der Waals surface area contributed by atoms with E-state index < -0.39 is 0 Å². The van der Waals surface area contributed by atoms with Crippen LogP contribution in [0, 0.1) is 17.3 Å². The Kier molecular flexibility index (Phi) is 2.99. The van der Waals surface area contributed by atoms with Crippen molar-refractivity contribution in [3.63, 3.8) is 0 Å². The van der Waals surface area contributed by atoms with Gasteiger partial charge < -0.3 is 15.0 Å². The summed E-state index contributed by atoms with van der Waals surface area (Å²) >= 11 is 0. The summed E-state index contributed by atoms with van der Waals surface area (Å²) < 4.78 is 5.02. The zero-order valence-corrected chi connectivity index (χ0v) is 15.7. The van der Waals surface area contributed by atoms with Crippen molar-refractivity contribution in [3.05, 3.63) is 35.4 Å². The van der Waals surface area contributed by atoms with E-state index in [4.69, 9.17) is 4.74 Å². The van der Waals surface area contributed by atoms with Gasteiger partial charge in [-0.3, -0.25) is 4.79 Å². The number of alkyl carbamates (subject to hydrolysis) is 1. The van der Waals surface area contributed by atoms with Gasteiger partial charge in [-0.1, -0.05) is 31.2 Å². The van der Waals surface area contributed by atoms with Crippen LogP contribution in [0.4, 0.5) is 4.79 Å². The van der Waals surface area contributed by atoms with Crippen LogP contribution in [0.2, 0.25) is 0 Å². The van der Waals surface area contributed by atoms with Gasteiger partial charge in [-0.2, -0.15) is 0 Å². The van der Waals surface area contributed by atoms with Gasteiger partial charge in [-0.25, -0.2) is 4.79 Å². The van der Waals surface area contributed by atoms with Gasteiger partial charge in [-0.15, -0.1) is 0 Å². The summed E-state index contributed by atoms with van der Waals surface area (Å²) in [6.45, 7) is 4.52. The molecule has 0 bridgehead atoms. The predicted molar refractivity (Wildman–Crippen MR) is 99.3 cm³/mol. The van der Waals surface area contributed by atoms with Crippen LogP contribution < -0.4 is 5.32 Å². The van der Waals surface area contributed by atoms with Crippen molar-refractivity contribution in [2.24, 2.45) is 17.3 Å². The van der Waals surface area contributed by atoms with Crippen LogP contribution in [0.15, 0.2) is 24.3 Å². The topological polar surface area (TPSA) is 58.6 Å². The molecule has 0 radical (unpaired) electrons. The number of hydrogen-bond acceptors (Lipinski definition) is 3. The van der Waals surface area contributed by atoms with E-state index in [2.05, 4.69) is 41.4 Å². The molecule has 5 fully saturated rings. The fraction of sp³-hybridized carbons (Fsp3) is 0.636. The highest BCUT2D eigenvalue weighted by Crippen LogP contribution is 2.68. The summed E-state index contributed by atoms with van der Waals surface area (Å²) in [5, 5.41) is 2.88. The molecule has 1 aromatic carbocycles. The number of carbonyl (C=O) groups excluding carboxylic acids is 2. The van der Waals surface area contributed by atoms with E-state index >= 15 is 0 Å². The van der Waals surface area contributed by atoms with Crippen molar-refractivity contribution in [1.82, 2.24) is 10.2 Å². The van der Waals surface area contributed by atoms with Gasteiger partial charge in [0, 0.05) is 19.0 Å². The van der Waals surface area contributed by atoms with E-state index in [1.54, 1.807) is 0 Å². The Morgan fingerprint density at radius 2 is 1.89 bits per heavy atom. The third kappa shape index (κ3) is 2.29. The smallest absolute Gasteiger partial charge is 0.407 e. The molecule has 0 aromatic heterocycles. The Bertz CT molecular complexity index is 824. The lowest BCUT2D eigenvalue weighted by atomic mass is 9.68. The Labute approximate surface area is 159 Å². The van der Waals surface area contributed by atoms with Crippen molar-refractivity contribution in [2.75, 3.05) is 19.7 Å². The number of hydrogen-bond donors (Lipinski definition) is 1. The molecule has 5 heteroatoms. The average Bonchev–Trinajstić information content (AvgIpc) is 3.48. The molecule has 0 unspecified atom stereocenters. The van der Waals surface area contributed by atoms with Gasteiger partial charge in [0.25, 0.3) is 0 Å². The van der Waals surface area contributed by atoms with Gasteiger partial charge in [0.2, 0.25) is 5.91 Å². The van der Waals surface area contributed by atoms with Gasteiger partial charge in [-0.05, 0) is 60.0 Å². The van der Waals surface area contributed by atoms with Crippen LogP contribution in [-0.4, -0.2) is 42.1 Å². The Morgan fingerprint density at radius 1 is 1.19 bits per heavy atom. The monoisotopic (exact) mass is 366 g/mol. The fourth-order valence-electron chi connectivity index (χ4n) is 6.11. The number of ether oxygens (including phenoxy) is 1. The summed E-state index contributed by atoms with van der Waals surface area (Å²) in [5.74, 6) is 2.33. The standard InChI is InChI=1S/C22H26N2O3/c1-21-11-24(19(25)16-8-22(9-16)12-27-20(26)23-22)10-17(21)18(21)15-6-4-14(5-7-15)13-2-3-13/h4-7,13,16-18H,2-3,8-12H2,1H3,(H,23,26)/t16-,17-,18-,21-,22+/m0/s1. The summed E-state index contributed by atoms with van der Waals surface area (Å²) in [6.07, 6.45) is 3.80.